The highest BCUT2D eigenvalue weighted by Gasteiger charge is 2.23. The zero-order chi connectivity index (χ0) is 18.8. The van der Waals surface area contributed by atoms with Crippen molar-refractivity contribution in [2.24, 2.45) is 0 Å². The standard InChI is InChI=1S/C18H20NO3PS.C2H6/c1-2-22-23-13-21-18(20)11-12-19-14-7-3-5-9-16(14)24-17-10-6-4-8-15(17)19;1-2/h3-10,23H,2,11-13H2,1H3;1-2H3. The zero-order valence-corrected chi connectivity index (χ0v) is 17.3. The Morgan fingerprint density at radius 2 is 1.62 bits per heavy atom. The normalized spacial score (nSPS) is 12.2. The van der Waals surface area contributed by atoms with Gasteiger partial charge in [0.15, 0.2) is 0 Å². The first kappa shape index (κ1) is 20.8. The fourth-order valence-corrected chi connectivity index (χ4v) is 4.15. The first-order chi connectivity index (χ1) is 12.8. The minimum atomic E-state index is -0.185. The first-order valence-electron chi connectivity index (χ1n) is 8.93. The van der Waals surface area contributed by atoms with E-state index in [0.717, 1.165) is 11.4 Å². The fraction of sp³-hybridized carbons (Fsp3) is 0.350. The Morgan fingerprint density at radius 1 is 1.04 bits per heavy atom. The molecular formula is C20H26NO3PS. The number of hydrogen-bond donors (Lipinski definition) is 0. The molecule has 1 atom stereocenters. The molecule has 0 aliphatic carbocycles. The summed E-state index contributed by atoms with van der Waals surface area (Å²) in [7, 11) is 0.217. The largest absolute Gasteiger partial charge is 0.459 e. The van der Waals surface area contributed by atoms with Crippen molar-refractivity contribution in [3.63, 3.8) is 0 Å². The molecule has 26 heavy (non-hydrogen) atoms. The van der Waals surface area contributed by atoms with E-state index in [9.17, 15) is 4.79 Å². The van der Waals surface area contributed by atoms with Crippen LogP contribution in [0.4, 0.5) is 11.4 Å². The van der Waals surface area contributed by atoms with Crippen LogP contribution < -0.4 is 4.90 Å². The van der Waals surface area contributed by atoms with Crippen molar-refractivity contribution in [2.75, 3.05) is 24.4 Å². The monoisotopic (exact) mass is 391 g/mol. The molecule has 1 aliphatic heterocycles. The molecular weight excluding hydrogens is 365 g/mol. The predicted octanol–water partition coefficient (Wildman–Crippen LogP) is 5.84. The molecule has 2 aromatic rings. The number of carbonyl (C=O) groups excluding carboxylic acids is 1. The molecule has 2 aromatic carbocycles. The van der Waals surface area contributed by atoms with Crippen LogP contribution in [0.2, 0.25) is 0 Å². The Balaban J connectivity index is 0.00000117. The van der Waals surface area contributed by atoms with E-state index in [-0.39, 0.29) is 14.8 Å². The number of benzene rings is 2. The fourth-order valence-electron chi connectivity index (χ4n) is 2.55. The molecule has 0 amide bonds. The van der Waals surface area contributed by atoms with E-state index in [1.165, 1.54) is 9.79 Å². The van der Waals surface area contributed by atoms with Crippen molar-refractivity contribution in [3.05, 3.63) is 48.5 Å². The minimum absolute atomic E-state index is 0.185. The van der Waals surface area contributed by atoms with Gasteiger partial charge in [0, 0.05) is 22.9 Å². The van der Waals surface area contributed by atoms with E-state index in [1.807, 2.05) is 45.0 Å². The van der Waals surface area contributed by atoms with E-state index in [0.29, 0.717) is 25.9 Å². The van der Waals surface area contributed by atoms with Crippen LogP contribution in [0, 0.1) is 0 Å². The SMILES string of the molecule is CC.CCOPCOC(=O)CCN1c2ccccc2Sc2ccccc21. The van der Waals surface area contributed by atoms with Crippen LogP contribution >= 0.6 is 20.6 Å². The van der Waals surface area contributed by atoms with E-state index >= 15 is 0 Å². The maximum Gasteiger partial charge on any atom is 0.308 e. The average Bonchev–Trinajstić information content (AvgIpc) is 2.70. The Morgan fingerprint density at radius 3 is 2.19 bits per heavy atom. The van der Waals surface area contributed by atoms with Gasteiger partial charge in [-0.3, -0.25) is 4.79 Å². The summed E-state index contributed by atoms with van der Waals surface area (Å²) in [5, 5.41) is 0. The number of rotatable bonds is 7. The van der Waals surface area contributed by atoms with Gasteiger partial charge in [-0.25, -0.2) is 0 Å². The van der Waals surface area contributed by atoms with Crippen molar-refractivity contribution in [3.8, 4) is 0 Å². The number of ether oxygens (including phenoxy) is 1. The molecule has 0 bridgehead atoms. The van der Waals surface area contributed by atoms with Crippen molar-refractivity contribution >= 4 is 37.9 Å². The molecule has 0 aromatic heterocycles. The molecule has 3 rings (SSSR count). The van der Waals surface area contributed by atoms with Gasteiger partial charge >= 0.3 is 5.97 Å². The summed E-state index contributed by atoms with van der Waals surface area (Å²) < 4.78 is 10.4. The lowest BCUT2D eigenvalue weighted by Crippen LogP contribution is -2.24. The summed E-state index contributed by atoms with van der Waals surface area (Å²) in [6.07, 6.45) is 0.694. The highest BCUT2D eigenvalue weighted by Crippen LogP contribution is 2.47. The molecule has 4 nitrogen and oxygen atoms in total. The third kappa shape index (κ3) is 5.47. The van der Waals surface area contributed by atoms with Crippen LogP contribution in [-0.2, 0) is 14.1 Å². The predicted molar refractivity (Wildman–Crippen MR) is 111 cm³/mol. The summed E-state index contributed by atoms with van der Waals surface area (Å²) in [5.41, 5.74) is 2.29. The number of esters is 1. The van der Waals surface area contributed by atoms with Gasteiger partial charge in [-0.2, -0.15) is 0 Å². The third-order valence-electron chi connectivity index (χ3n) is 3.61. The van der Waals surface area contributed by atoms with Crippen LogP contribution in [0.3, 0.4) is 0 Å². The quantitative estimate of drug-likeness (QED) is 0.337. The van der Waals surface area contributed by atoms with Gasteiger partial charge in [0.05, 0.1) is 26.6 Å². The van der Waals surface area contributed by atoms with Gasteiger partial charge in [0.25, 0.3) is 0 Å². The smallest absolute Gasteiger partial charge is 0.308 e. The average molecular weight is 391 g/mol. The summed E-state index contributed by atoms with van der Waals surface area (Å²) >= 11 is 1.77. The molecule has 0 radical (unpaired) electrons. The van der Waals surface area contributed by atoms with Crippen LogP contribution in [0.25, 0.3) is 0 Å². The molecule has 0 saturated heterocycles. The van der Waals surface area contributed by atoms with E-state index in [4.69, 9.17) is 9.26 Å². The van der Waals surface area contributed by atoms with Gasteiger partial charge in [0.2, 0.25) is 0 Å². The van der Waals surface area contributed by atoms with Gasteiger partial charge in [-0.15, -0.1) is 0 Å². The van der Waals surface area contributed by atoms with Gasteiger partial charge < -0.3 is 14.2 Å². The van der Waals surface area contributed by atoms with Crippen LogP contribution in [0.5, 0.6) is 0 Å². The molecule has 0 fully saturated rings. The lowest BCUT2D eigenvalue weighted by molar-refractivity contribution is -0.141. The van der Waals surface area contributed by atoms with Crippen molar-refractivity contribution in [2.45, 2.75) is 37.0 Å². The summed E-state index contributed by atoms with van der Waals surface area (Å²) in [4.78, 5) is 16.6. The first-order valence-corrected chi connectivity index (χ1v) is 10.9. The van der Waals surface area contributed by atoms with Crippen molar-refractivity contribution < 1.29 is 14.1 Å². The minimum Gasteiger partial charge on any atom is -0.459 e. The van der Waals surface area contributed by atoms with E-state index in [2.05, 4.69) is 29.2 Å². The summed E-state index contributed by atoms with van der Waals surface area (Å²) in [6, 6.07) is 16.6. The molecule has 1 unspecified atom stereocenters. The highest BCUT2D eigenvalue weighted by molar-refractivity contribution is 7.99. The van der Waals surface area contributed by atoms with Gasteiger partial charge in [0.1, 0.15) is 6.35 Å². The third-order valence-corrected chi connectivity index (χ3v) is 5.50. The molecule has 1 aliphatic rings. The number of hydrogen-bond acceptors (Lipinski definition) is 5. The lowest BCUT2D eigenvalue weighted by atomic mass is 10.2. The topological polar surface area (TPSA) is 38.8 Å². The maximum atomic E-state index is 12.0. The number of anilines is 2. The lowest BCUT2D eigenvalue weighted by Gasteiger charge is -2.32. The Bertz CT molecular complexity index is 665. The highest BCUT2D eigenvalue weighted by atomic mass is 32.2. The van der Waals surface area contributed by atoms with Crippen molar-refractivity contribution in [1.29, 1.82) is 0 Å². The van der Waals surface area contributed by atoms with Gasteiger partial charge in [-0.05, 0) is 31.2 Å². The number of fused-ring (bicyclic) bond motifs is 2. The summed E-state index contributed by atoms with van der Waals surface area (Å²) in [6.45, 7) is 7.18. The second-order valence-corrected chi connectivity index (χ2v) is 7.13. The van der Waals surface area contributed by atoms with E-state index < -0.39 is 0 Å². The molecule has 0 saturated carbocycles. The van der Waals surface area contributed by atoms with Crippen molar-refractivity contribution in [1.82, 2.24) is 0 Å². The number of nitrogens with zero attached hydrogens (tertiary/aromatic N) is 1. The van der Waals surface area contributed by atoms with Crippen LogP contribution in [-0.4, -0.2) is 25.5 Å². The maximum absolute atomic E-state index is 12.0. The zero-order valence-electron chi connectivity index (χ0n) is 15.5. The Kier molecular flexibility index (Phi) is 8.96. The molecule has 0 spiro atoms. The molecule has 0 N–H and O–H groups in total. The van der Waals surface area contributed by atoms with Crippen LogP contribution in [0.1, 0.15) is 27.2 Å². The second-order valence-electron chi connectivity index (χ2n) is 5.18. The second kappa shape index (κ2) is 11.2. The Labute approximate surface area is 162 Å². The molecule has 6 heteroatoms. The van der Waals surface area contributed by atoms with E-state index in [1.54, 1.807) is 11.8 Å². The van der Waals surface area contributed by atoms with Crippen LogP contribution in [0.15, 0.2) is 58.3 Å². The Hall–Kier alpha value is -1.55. The number of para-hydroxylation sites is 2. The summed E-state index contributed by atoms with van der Waals surface area (Å²) in [5.74, 6) is -0.185. The molecule has 1 heterocycles. The van der Waals surface area contributed by atoms with Gasteiger partial charge in [-0.1, -0.05) is 49.9 Å². The number of carbonyl (C=O) groups is 1. The molecule has 140 valence electrons.